The number of hydrogen-bond acceptors (Lipinski definition) is 9. The van der Waals surface area contributed by atoms with Gasteiger partial charge in [0.15, 0.2) is 11.2 Å². The minimum atomic E-state index is -4.31. The molecule has 0 aliphatic carbocycles. The van der Waals surface area contributed by atoms with Crippen LogP contribution in [0.15, 0.2) is 57.9 Å². The Balaban J connectivity index is 1.49. The Morgan fingerprint density at radius 2 is 1.71 bits per heavy atom. The number of furan rings is 1. The fourth-order valence-corrected chi connectivity index (χ4v) is 5.83. The van der Waals surface area contributed by atoms with Gasteiger partial charge in [0.25, 0.3) is 10.0 Å². The molecule has 3 aromatic rings. The molecule has 4 rings (SSSR count). The number of fused-ring (bicyclic) bond motifs is 1. The molecule has 10 nitrogen and oxygen atoms in total. The standard InChI is InChI=1S/C30H37N3O7S/c1-4-12-33(13-5-2)23-9-8-20-14-22(7-6-21(20)15-23)26-11-10-24(39-26)16-25(17-31)41(37,38)32-18-27-29(35)28(34)19(3)30(36)40-27/h6-11,14-16,19,27-30,32,34-36H,4-5,12-13,18H2,1-3H3/b25-16+/t19-,27-,28-,29-,30?/m1/s1. The minimum Gasteiger partial charge on any atom is -0.457 e. The number of nitrogens with zero attached hydrogens (tertiary/aromatic N) is 2. The molecule has 1 saturated heterocycles. The minimum absolute atomic E-state index is 0.167. The van der Waals surface area contributed by atoms with Crippen molar-refractivity contribution < 1.29 is 32.9 Å². The number of nitriles is 1. The Morgan fingerprint density at radius 3 is 2.39 bits per heavy atom. The summed E-state index contributed by atoms with van der Waals surface area (Å²) in [5.41, 5.74) is 1.99. The van der Waals surface area contributed by atoms with Crippen LogP contribution >= 0.6 is 0 Å². The lowest BCUT2D eigenvalue weighted by atomic mass is 9.92. The van der Waals surface area contributed by atoms with E-state index in [1.807, 2.05) is 18.2 Å². The summed E-state index contributed by atoms with van der Waals surface area (Å²) in [6.07, 6.45) is -2.03. The van der Waals surface area contributed by atoms with Gasteiger partial charge in [-0.3, -0.25) is 0 Å². The highest BCUT2D eigenvalue weighted by molar-refractivity contribution is 7.93. The molecule has 1 aromatic heterocycles. The summed E-state index contributed by atoms with van der Waals surface area (Å²) in [6, 6.07) is 17.3. The maximum absolute atomic E-state index is 12.8. The average Bonchev–Trinajstić information content (AvgIpc) is 3.44. The number of ether oxygens (including phenoxy) is 1. The maximum atomic E-state index is 12.8. The summed E-state index contributed by atoms with van der Waals surface area (Å²) in [5.74, 6) is -0.0670. The molecule has 2 heterocycles. The lowest BCUT2D eigenvalue weighted by Gasteiger charge is -2.39. The van der Waals surface area contributed by atoms with E-state index < -0.39 is 52.0 Å². The number of anilines is 1. The van der Waals surface area contributed by atoms with Crippen molar-refractivity contribution >= 4 is 32.6 Å². The Hall–Kier alpha value is -3.24. The van der Waals surface area contributed by atoms with Crippen LogP contribution in [0.25, 0.3) is 28.2 Å². The van der Waals surface area contributed by atoms with Crippen LogP contribution in [0.1, 0.15) is 39.4 Å². The topological polar surface area (TPSA) is 156 Å². The number of aliphatic hydroxyl groups excluding tert-OH is 3. The molecule has 0 spiro atoms. The molecule has 5 atom stereocenters. The molecule has 1 aliphatic rings. The molecule has 1 aliphatic heterocycles. The molecule has 0 saturated carbocycles. The van der Waals surface area contributed by atoms with Gasteiger partial charge in [0.2, 0.25) is 0 Å². The fraction of sp³-hybridized carbons (Fsp3) is 0.433. The first kappa shape index (κ1) is 30.7. The van der Waals surface area contributed by atoms with Crippen LogP contribution in [0.4, 0.5) is 5.69 Å². The van der Waals surface area contributed by atoms with Gasteiger partial charge in [-0.05, 0) is 53.9 Å². The molecular formula is C30H37N3O7S. The monoisotopic (exact) mass is 583 g/mol. The summed E-state index contributed by atoms with van der Waals surface area (Å²) < 4.78 is 38.9. The van der Waals surface area contributed by atoms with E-state index in [4.69, 9.17) is 9.15 Å². The number of hydrogen-bond donors (Lipinski definition) is 4. The van der Waals surface area contributed by atoms with Gasteiger partial charge in [-0.15, -0.1) is 0 Å². The van der Waals surface area contributed by atoms with Crippen LogP contribution in [0.3, 0.4) is 0 Å². The zero-order valence-corrected chi connectivity index (χ0v) is 24.2. The molecule has 0 radical (unpaired) electrons. The first-order valence-corrected chi connectivity index (χ1v) is 15.3. The zero-order chi connectivity index (χ0) is 29.7. The van der Waals surface area contributed by atoms with E-state index in [1.54, 1.807) is 18.2 Å². The van der Waals surface area contributed by atoms with E-state index in [9.17, 15) is 29.0 Å². The Labute approximate surface area is 240 Å². The van der Waals surface area contributed by atoms with Crippen molar-refractivity contribution in [1.29, 1.82) is 5.26 Å². The molecule has 1 unspecified atom stereocenters. The number of aliphatic hydroxyl groups is 3. The number of sulfonamides is 1. The second-order valence-electron chi connectivity index (χ2n) is 10.3. The van der Waals surface area contributed by atoms with E-state index in [0.29, 0.717) is 5.76 Å². The molecule has 1 fully saturated rings. The van der Waals surface area contributed by atoms with Gasteiger partial charge in [-0.1, -0.05) is 39.0 Å². The Kier molecular flexibility index (Phi) is 9.86. The van der Waals surface area contributed by atoms with Gasteiger partial charge in [0.1, 0.15) is 29.8 Å². The highest BCUT2D eigenvalue weighted by atomic mass is 32.2. The van der Waals surface area contributed by atoms with E-state index in [0.717, 1.165) is 48.3 Å². The average molecular weight is 584 g/mol. The van der Waals surface area contributed by atoms with Gasteiger partial charge in [0.05, 0.1) is 6.10 Å². The van der Waals surface area contributed by atoms with Crippen LogP contribution in [0, 0.1) is 17.2 Å². The predicted molar refractivity (Wildman–Crippen MR) is 157 cm³/mol. The highest BCUT2D eigenvalue weighted by Gasteiger charge is 2.41. The van der Waals surface area contributed by atoms with Crippen LogP contribution in [0.2, 0.25) is 0 Å². The normalized spacial score (nSPS) is 23.4. The molecule has 11 heteroatoms. The SMILES string of the molecule is CCCN(CCC)c1ccc2cc(-c3ccc(/C=C(\C#N)S(=O)(=O)NC[C@H]4OC(O)[C@H](C)[C@@H](O)[C@@H]4O)o3)ccc2c1. The van der Waals surface area contributed by atoms with Crippen LogP contribution < -0.4 is 9.62 Å². The van der Waals surface area contributed by atoms with Crippen LogP contribution in [-0.4, -0.2) is 68.0 Å². The molecule has 0 bridgehead atoms. The van der Waals surface area contributed by atoms with Crippen LogP contribution in [-0.2, 0) is 14.8 Å². The lowest BCUT2D eigenvalue weighted by molar-refractivity contribution is -0.257. The number of rotatable bonds is 11. The first-order chi connectivity index (χ1) is 19.6. The molecular weight excluding hydrogens is 546 g/mol. The molecule has 2 aromatic carbocycles. The van der Waals surface area contributed by atoms with Crippen LogP contribution in [0.5, 0.6) is 0 Å². The van der Waals surface area contributed by atoms with E-state index in [1.165, 1.54) is 12.6 Å². The fourth-order valence-electron chi connectivity index (χ4n) is 4.90. The summed E-state index contributed by atoms with van der Waals surface area (Å²) in [4.78, 5) is 1.78. The van der Waals surface area contributed by atoms with Crippen molar-refractivity contribution in [2.75, 3.05) is 24.5 Å². The number of allylic oxidation sites excluding steroid dienone is 1. The zero-order valence-electron chi connectivity index (χ0n) is 23.4. The Bertz CT molecular complexity index is 1520. The number of nitrogens with one attached hydrogen (secondary N) is 1. The maximum Gasteiger partial charge on any atom is 0.250 e. The van der Waals surface area contributed by atoms with Crippen molar-refractivity contribution in [2.45, 2.75) is 58.2 Å². The van der Waals surface area contributed by atoms with Gasteiger partial charge in [-0.2, -0.15) is 5.26 Å². The summed E-state index contributed by atoms with van der Waals surface area (Å²) in [7, 11) is -4.31. The second-order valence-corrected chi connectivity index (χ2v) is 12.0. The third kappa shape index (κ3) is 6.98. The molecule has 4 N–H and O–H groups in total. The van der Waals surface area contributed by atoms with Crippen molar-refractivity contribution in [3.8, 4) is 17.4 Å². The smallest absolute Gasteiger partial charge is 0.250 e. The van der Waals surface area contributed by atoms with Crippen molar-refractivity contribution in [3.05, 3.63) is 59.2 Å². The first-order valence-electron chi connectivity index (χ1n) is 13.8. The molecule has 220 valence electrons. The molecule has 0 amide bonds. The van der Waals surface area contributed by atoms with Gasteiger partial charge in [0, 0.05) is 42.9 Å². The highest BCUT2D eigenvalue weighted by Crippen LogP contribution is 2.30. The lowest BCUT2D eigenvalue weighted by Crippen LogP contribution is -2.56. The third-order valence-electron chi connectivity index (χ3n) is 7.27. The van der Waals surface area contributed by atoms with Gasteiger partial charge >= 0.3 is 0 Å². The largest absolute Gasteiger partial charge is 0.457 e. The third-order valence-corrected chi connectivity index (χ3v) is 8.60. The summed E-state index contributed by atoms with van der Waals surface area (Å²) >= 11 is 0. The predicted octanol–water partition coefficient (Wildman–Crippen LogP) is 3.59. The van der Waals surface area contributed by atoms with Crippen molar-refractivity contribution in [1.82, 2.24) is 4.72 Å². The molecule has 41 heavy (non-hydrogen) atoms. The van der Waals surface area contributed by atoms with E-state index in [2.05, 4.69) is 41.7 Å². The number of benzene rings is 2. The Morgan fingerprint density at radius 1 is 1.02 bits per heavy atom. The van der Waals surface area contributed by atoms with Gasteiger partial charge in [-0.25, -0.2) is 13.1 Å². The van der Waals surface area contributed by atoms with E-state index in [-0.39, 0.29) is 5.76 Å². The van der Waals surface area contributed by atoms with E-state index >= 15 is 0 Å². The summed E-state index contributed by atoms with van der Waals surface area (Å²) in [5, 5.41) is 41.8. The van der Waals surface area contributed by atoms with Gasteiger partial charge < -0.3 is 29.4 Å². The quantitative estimate of drug-likeness (QED) is 0.248. The van der Waals surface area contributed by atoms with Crippen molar-refractivity contribution in [3.63, 3.8) is 0 Å². The second kappa shape index (κ2) is 13.2. The van der Waals surface area contributed by atoms with Crippen molar-refractivity contribution in [2.24, 2.45) is 5.92 Å². The summed E-state index contributed by atoms with van der Waals surface area (Å²) in [6.45, 7) is 7.38.